The first-order valence-electron chi connectivity index (χ1n) is 10.4. The molecule has 0 fully saturated rings. The number of ether oxygens (including phenoxy) is 1. The Kier molecular flexibility index (Phi) is 6.63. The molecule has 3 heteroatoms. The first kappa shape index (κ1) is 21.7. The van der Waals surface area contributed by atoms with Gasteiger partial charge < -0.3 is 4.74 Å². The third kappa shape index (κ3) is 5.41. The second kappa shape index (κ2) is 9.77. The summed E-state index contributed by atoms with van der Waals surface area (Å²) in [7, 11) is -0.408. The lowest BCUT2D eigenvalue weighted by molar-refractivity contribution is 0.164. The molecule has 4 rings (SSSR count). The molecule has 0 aliphatic carbocycles. The zero-order valence-corrected chi connectivity index (χ0v) is 18.9. The Balaban J connectivity index is 1.62. The minimum atomic E-state index is -0.835. The van der Waals surface area contributed by atoms with E-state index in [2.05, 4.69) is 36.1 Å². The van der Waals surface area contributed by atoms with E-state index in [9.17, 15) is 0 Å². The fourth-order valence-electron chi connectivity index (χ4n) is 3.26. The van der Waals surface area contributed by atoms with Gasteiger partial charge in [-0.05, 0) is 62.4 Å². The van der Waals surface area contributed by atoms with Crippen LogP contribution in [0.5, 0.6) is 5.75 Å². The fraction of sp³-hybridized carbons (Fsp3) is 0.103. The molecule has 4 aromatic rings. The molecule has 158 valence electrons. The van der Waals surface area contributed by atoms with Gasteiger partial charge in [-0.2, -0.15) is 0 Å². The molecule has 0 unspecified atom stereocenters. The molecule has 1 nitrogen and oxygen atoms in total. The van der Waals surface area contributed by atoms with Crippen LogP contribution >= 0.6 is 0 Å². The largest absolute Gasteiger partial charge is 0.472 e. The number of hydrogen-bond donors (Lipinski definition) is 0. The van der Waals surface area contributed by atoms with Crippen LogP contribution in [0.25, 0.3) is 0 Å². The number of rotatable bonds is 5. The molecule has 0 spiro atoms. The van der Waals surface area contributed by atoms with Gasteiger partial charge in [0.2, 0.25) is 0 Å². The van der Waals surface area contributed by atoms with Gasteiger partial charge in [0.05, 0.1) is 10.9 Å². The minimum Gasteiger partial charge on any atom is -0.472 e. The molecule has 0 N–H and O–H groups in total. The van der Waals surface area contributed by atoms with E-state index in [1.54, 1.807) is 12.1 Å². The average molecular weight is 440 g/mol. The van der Waals surface area contributed by atoms with Gasteiger partial charge in [0, 0.05) is 11.6 Å². The molecule has 0 saturated carbocycles. The van der Waals surface area contributed by atoms with Crippen LogP contribution in [0, 0.1) is 17.7 Å². The maximum Gasteiger partial charge on any atom is 0.170 e. The summed E-state index contributed by atoms with van der Waals surface area (Å²) in [5, 5.41) is 0. The third-order valence-electron chi connectivity index (χ3n) is 4.74. The molecule has 0 aromatic heterocycles. The molecular formula is C29H24FOS+. The summed E-state index contributed by atoms with van der Waals surface area (Å²) in [4.78, 5) is 3.18. The van der Waals surface area contributed by atoms with Crippen LogP contribution < -0.4 is 4.74 Å². The van der Waals surface area contributed by atoms with Crippen molar-refractivity contribution in [2.24, 2.45) is 0 Å². The molecule has 0 radical (unpaired) electrons. The smallest absolute Gasteiger partial charge is 0.170 e. The Morgan fingerprint density at radius 1 is 0.688 bits per heavy atom. The van der Waals surface area contributed by atoms with Crippen molar-refractivity contribution in [3.8, 4) is 17.6 Å². The van der Waals surface area contributed by atoms with Crippen LogP contribution in [0.2, 0.25) is 0 Å². The van der Waals surface area contributed by atoms with E-state index >= 15 is 4.39 Å². The first-order chi connectivity index (χ1) is 15.5. The lowest BCUT2D eigenvalue weighted by atomic mass is 10.1. The normalized spacial score (nSPS) is 11.0. The number of halogens is 1. The van der Waals surface area contributed by atoms with Gasteiger partial charge in [-0.1, -0.05) is 66.4 Å². The Bertz CT molecular complexity index is 1190. The summed E-state index contributed by atoms with van der Waals surface area (Å²) in [6, 6.07) is 35.3. The van der Waals surface area contributed by atoms with Gasteiger partial charge in [-0.3, -0.25) is 0 Å². The van der Waals surface area contributed by atoms with Crippen LogP contribution in [0.3, 0.4) is 0 Å². The van der Waals surface area contributed by atoms with Crippen molar-refractivity contribution in [2.75, 3.05) is 0 Å². The second-order valence-corrected chi connectivity index (χ2v) is 9.78. The van der Waals surface area contributed by atoms with Crippen molar-refractivity contribution in [2.45, 2.75) is 34.1 Å². The van der Waals surface area contributed by atoms with Crippen LogP contribution in [-0.2, 0) is 10.9 Å². The minimum absolute atomic E-state index is 0.200. The Morgan fingerprint density at radius 3 is 1.75 bits per heavy atom. The highest BCUT2D eigenvalue weighted by atomic mass is 32.2. The second-order valence-electron chi connectivity index (χ2n) is 7.75. The van der Waals surface area contributed by atoms with Crippen molar-refractivity contribution < 1.29 is 9.13 Å². The molecule has 32 heavy (non-hydrogen) atoms. The quantitative estimate of drug-likeness (QED) is 0.237. The average Bonchev–Trinajstić information content (AvgIpc) is 2.82. The van der Waals surface area contributed by atoms with E-state index in [1.165, 1.54) is 0 Å². The zero-order valence-electron chi connectivity index (χ0n) is 18.1. The predicted molar refractivity (Wildman–Crippen MR) is 129 cm³/mol. The van der Waals surface area contributed by atoms with Crippen LogP contribution in [0.15, 0.2) is 124 Å². The maximum atomic E-state index is 15.2. The molecular weight excluding hydrogens is 415 g/mol. The van der Waals surface area contributed by atoms with Crippen molar-refractivity contribution in [1.82, 2.24) is 0 Å². The van der Waals surface area contributed by atoms with Gasteiger partial charge in [0.1, 0.15) is 0 Å². The maximum absolute atomic E-state index is 15.2. The Morgan fingerprint density at radius 2 is 1.22 bits per heavy atom. The monoisotopic (exact) mass is 439 g/mol. The Hall–Kier alpha value is -3.48. The molecule has 0 bridgehead atoms. The highest BCUT2D eigenvalue weighted by Crippen LogP contribution is 2.33. The van der Waals surface area contributed by atoms with E-state index in [0.29, 0.717) is 0 Å². The van der Waals surface area contributed by atoms with Gasteiger partial charge in [0.25, 0.3) is 0 Å². The SMILES string of the molecule is CC(C)(C#Cc1ccccc1)Oc1ccc([S+](c2ccccc2)c2ccccc2)cc1F. The summed E-state index contributed by atoms with van der Waals surface area (Å²) in [6.07, 6.45) is 0. The lowest BCUT2D eigenvalue weighted by Gasteiger charge is -2.21. The van der Waals surface area contributed by atoms with Crippen molar-refractivity contribution in [3.63, 3.8) is 0 Å². The molecule has 0 aliphatic heterocycles. The highest BCUT2D eigenvalue weighted by Gasteiger charge is 2.30. The van der Waals surface area contributed by atoms with E-state index in [-0.39, 0.29) is 11.6 Å². The molecule has 0 amide bonds. The van der Waals surface area contributed by atoms with Gasteiger partial charge in [0.15, 0.2) is 31.9 Å². The van der Waals surface area contributed by atoms with E-state index in [1.807, 2.05) is 86.6 Å². The molecule has 0 saturated heterocycles. The van der Waals surface area contributed by atoms with E-state index in [0.717, 1.165) is 20.2 Å². The van der Waals surface area contributed by atoms with Crippen molar-refractivity contribution in [1.29, 1.82) is 0 Å². The summed E-state index contributed by atoms with van der Waals surface area (Å²) < 4.78 is 21.1. The van der Waals surface area contributed by atoms with Gasteiger partial charge in [-0.25, -0.2) is 4.39 Å². The first-order valence-corrected chi connectivity index (χ1v) is 11.7. The van der Waals surface area contributed by atoms with Crippen molar-refractivity contribution >= 4 is 10.9 Å². The number of hydrogen-bond acceptors (Lipinski definition) is 1. The highest BCUT2D eigenvalue weighted by molar-refractivity contribution is 7.97. The van der Waals surface area contributed by atoms with E-state index < -0.39 is 16.5 Å². The van der Waals surface area contributed by atoms with Crippen LogP contribution in [0.1, 0.15) is 19.4 Å². The lowest BCUT2D eigenvalue weighted by Crippen LogP contribution is -2.26. The molecule has 0 aliphatic rings. The summed E-state index contributed by atoms with van der Waals surface area (Å²) in [5.74, 6) is 6.02. The molecule has 0 heterocycles. The van der Waals surface area contributed by atoms with Crippen molar-refractivity contribution in [3.05, 3.63) is 121 Å². The summed E-state index contributed by atoms with van der Waals surface area (Å²) in [6.45, 7) is 3.68. The molecule has 4 aromatic carbocycles. The summed E-state index contributed by atoms with van der Waals surface area (Å²) >= 11 is 0. The fourth-order valence-corrected chi connectivity index (χ4v) is 5.36. The topological polar surface area (TPSA) is 9.23 Å². The summed E-state index contributed by atoms with van der Waals surface area (Å²) in [5.41, 5.74) is 0.0633. The number of benzene rings is 4. The molecule has 0 atom stereocenters. The van der Waals surface area contributed by atoms with Gasteiger partial charge >= 0.3 is 0 Å². The van der Waals surface area contributed by atoms with E-state index in [4.69, 9.17) is 4.74 Å². The predicted octanol–water partition coefficient (Wildman–Crippen LogP) is 7.13. The standard InChI is InChI=1S/C29H24FOS/c1-29(2,21-20-23-12-6-3-7-13-23)31-28-19-18-26(22-27(28)30)32(24-14-8-4-9-15-24)25-16-10-5-11-17-25/h3-19,22H,1-2H3/q+1. The van der Waals surface area contributed by atoms with Gasteiger partial charge in [-0.15, -0.1) is 0 Å². The third-order valence-corrected chi connectivity index (χ3v) is 6.96. The van der Waals surface area contributed by atoms with Crippen LogP contribution in [-0.4, -0.2) is 5.60 Å². The Labute approximate surface area is 192 Å². The van der Waals surface area contributed by atoms with Crippen LogP contribution in [0.4, 0.5) is 4.39 Å². The zero-order chi connectivity index (χ0) is 22.4.